The Hall–Kier alpha value is -2.46. The highest BCUT2D eigenvalue weighted by atomic mass is 32.2. The summed E-state index contributed by atoms with van der Waals surface area (Å²) in [5.74, 6) is 2.11. The molecular formula is C18H20N6O2S2. The molecule has 0 atom stereocenters. The molecule has 1 saturated heterocycles. The third-order valence-corrected chi connectivity index (χ3v) is 7.45. The molecule has 8 nitrogen and oxygen atoms in total. The monoisotopic (exact) mass is 416 g/mol. The molecule has 0 amide bonds. The normalized spacial score (nSPS) is 15.8. The van der Waals surface area contributed by atoms with Crippen molar-refractivity contribution in [3.05, 3.63) is 47.4 Å². The maximum Gasteiger partial charge on any atom is 0.278 e. The van der Waals surface area contributed by atoms with Gasteiger partial charge in [0.25, 0.3) is 5.56 Å². The van der Waals surface area contributed by atoms with Crippen LogP contribution in [0.25, 0.3) is 16.9 Å². The fourth-order valence-corrected chi connectivity index (χ4v) is 5.71. The second-order valence-corrected chi connectivity index (χ2v) is 9.73. The molecule has 146 valence electrons. The number of pyridine rings is 1. The molecule has 3 aromatic rings. The van der Waals surface area contributed by atoms with Crippen molar-refractivity contribution >= 4 is 38.3 Å². The highest BCUT2D eigenvalue weighted by Crippen LogP contribution is 2.22. The van der Waals surface area contributed by atoms with E-state index in [1.807, 2.05) is 6.26 Å². The van der Waals surface area contributed by atoms with Crippen molar-refractivity contribution in [2.45, 2.75) is 24.5 Å². The van der Waals surface area contributed by atoms with Gasteiger partial charge in [-0.1, -0.05) is 23.9 Å². The molecule has 1 aliphatic rings. The third kappa shape index (κ3) is 3.37. The summed E-state index contributed by atoms with van der Waals surface area (Å²) in [7, 11) is -2.23. The summed E-state index contributed by atoms with van der Waals surface area (Å²) in [6.07, 6.45) is 6.91. The van der Waals surface area contributed by atoms with Gasteiger partial charge in [-0.3, -0.25) is 4.79 Å². The molecular weight excluding hydrogens is 396 g/mol. The number of aromatic nitrogens is 5. The lowest BCUT2D eigenvalue weighted by molar-refractivity contribution is 0.596. The van der Waals surface area contributed by atoms with E-state index >= 15 is 0 Å². The van der Waals surface area contributed by atoms with Crippen LogP contribution in [-0.2, 0) is 16.3 Å². The summed E-state index contributed by atoms with van der Waals surface area (Å²) in [5, 5.41) is 0.970. The van der Waals surface area contributed by atoms with Gasteiger partial charge in [0.15, 0.2) is 22.4 Å². The summed E-state index contributed by atoms with van der Waals surface area (Å²) >= 11 is 1.40. The maximum atomic E-state index is 12.8. The summed E-state index contributed by atoms with van der Waals surface area (Å²) in [5.41, 5.74) is 0.259. The van der Waals surface area contributed by atoms with E-state index in [4.69, 9.17) is 0 Å². The van der Waals surface area contributed by atoms with Gasteiger partial charge in [0.1, 0.15) is 5.39 Å². The quantitative estimate of drug-likeness (QED) is 0.361. The summed E-state index contributed by atoms with van der Waals surface area (Å²) < 4.78 is 20.4. The highest BCUT2D eigenvalue weighted by Gasteiger charge is 2.19. The van der Waals surface area contributed by atoms with E-state index in [0.717, 1.165) is 12.8 Å². The second-order valence-electron chi connectivity index (χ2n) is 6.41. The molecule has 3 aromatic heterocycles. The SMILES string of the molecule is C=CCn1c(=O)c2cnc(SC)nc2n1-c1cccc(N=S2(=O)CCCC2)n1. The minimum absolute atomic E-state index is 0.214. The molecule has 4 rings (SSSR count). The van der Waals surface area contributed by atoms with Gasteiger partial charge in [-0.05, 0) is 31.2 Å². The molecule has 0 aromatic carbocycles. The average Bonchev–Trinajstić information content (AvgIpc) is 3.24. The Morgan fingerprint density at radius 3 is 2.82 bits per heavy atom. The van der Waals surface area contributed by atoms with Crippen LogP contribution in [0.1, 0.15) is 12.8 Å². The summed E-state index contributed by atoms with van der Waals surface area (Å²) in [6, 6.07) is 5.31. The zero-order valence-electron chi connectivity index (χ0n) is 15.4. The predicted molar refractivity (Wildman–Crippen MR) is 112 cm³/mol. The Balaban J connectivity index is 1.95. The molecule has 10 heteroatoms. The van der Waals surface area contributed by atoms with Crippen molar-refractivity contribution in [3.8, 4) is 5.82 Å². The first kappa shape index (κ1) is 18.9. The lowest BCUT2D eigenvalue weighted by Gasteiger charge is -2.10. The van der Waals surface area contributed by atoms with Crippen LogP contribution in [0.3, 0.4) is 0 Å². The van der Waals surface area contributed by atoms with Gasteiger partial charge < -0.3 is 0 Å². The lowest BCUT2D eigenvalue weighted by Crippen LogP contribution is -2.22. The molecule has 0 bridgehead atoms. The van der Waals surface area contributed by atoms with Gasteiger partial charge in [-0.25, -0.2) is 28.5 Å². The van der Waals surface area contributed by atoms with E-state index in [0.29, 0.717) is 45.9 Å². The number of allylic oxidation sites excluding steroid dienone is 1. The number of hydrogen-bond donors (Lipinski definition) is 0. The van der Waals surface area contributed by atoms with Crippen LogP contribution in [-0.4, -0.2) is 46.3 Å². The van der Waals surface area contributed by atoms with Gasteiger partial charge >= 0.3 is 0 Å². The number of nitrogens with zero attached hydrogens (tertiary/aromatic N) is 6. The van der Waals surface area contributed by atoms with E-state index in [9.17, 15) is 9.00 Å². The molecule has 0 saturated carbocycles. The largest absolute Gasteiger partial charge is 0.278 e. The zero-order chi connectivity index (χ0) is 19.7. The Morgan fingerprint density at radius 2 is 2.11 bits per heavy atom. The lowest BCUT2D eigenvalue weighted by atomic mass is 10.4. The smallest absolute Gasteiger partial charge is 0.267 e. The minimum Gasteiger partial charge on any atom is -0.267 e. The third-order valence-electron chi connectivity index (χ3n) is 4.51. The standard InChI is InChI=1S/C18H20N6O2S2/c1-3-9-23-17(25)13-12-19-18(27-2)21-16(13)24(23)15-8-6-7-14(20-15)22-28(26)10-4-5-11-28/h3,6-8,12H,1,4-5,9-11H2,2H3. The fraction of sp³-hybridized carbons (Fsp3) is 0.333. The zero-order valence-corrected chi connectivity index (χ0v) is 17.1. The van der Waals surface area contributed by atoms with Crippen LogP contribution >= 0.6 is 11.8 Å². The summed E-state index contributed by atoms with van der Waals surface area (Å²) in [4.78, 5) is 26.1. The van der Waals surface area contributed by atoms with E-state index in [2.05, 4.69) is 25.9 Å². The van der Waals surface area contributed by atoms with Crippen LogP contribution in [0.4, 0.5) is 5.82 Å². The average molecular weight is 417 g/mol. The molecule has 0 radical (unpaired) electrons. The van der Waals surface area contributed by atoms with Crippen molar-refractivity contribution in [1.29, 1.82) is 0 Å². The molecule has 1 fully saturated rings. The van der Waals surface area contributed by atoms with Crippen LogP contribution in [0.5, 0.6) is 0 Å². The minimum atomic E-state index is -2.23. The van der Waals surface area contributed by atoms with Gasteiger partial charge in [0, 0.05) is 17.7 Å². The van der Waals surface area contributed by atoms with E-state index in [-0.39, 0.29) is 5.56 Å². The first-order chi connectivity index (χ1) is 13.5. The summed E-state index contributed by atoms with van der Waals surface area (Å²) in [6.45, 7) is 4.04. The number of fused-ring (bicyclic) bond motifs is 1. The van der Waals surface area contributed by atoms with Gasteiger partial charge in [-0.2, -0.15) is 4.36 Å². The number of hydrogen-bond acceptors (Lipinski definition) is 7. The molecule has 4 heterocycles. The van der Waals surface area contributed by atoms with Crippen molar-refractivity contribution in [2.75, 3.05) is 17.8 Å². The van der Waals surface area contributed by atoms with Crippen LogP contribution in [0.2, 0.25) is 0 Å². The van der Waals surface area contributed by atoms with Gasteiger partial charge in [0.05, 0.1) is 16.3 Å². The Kier molecular flexibility index (Phi) is 5.07. The molecule has 0 aliphatic carbocycles. The first-order valence-corrected chi connectivity index (χ1v) is 12.0. The van der Waals surface area contributed by atoms with Crippen molar-refractivity contribution in [3.63, 3.8) is 0 Å². The van der Waals surface area contributed by atoms with Crippen LogP contribution in [0, 0.1) is 0 Å². The first-order valence-electron chi connectivity index (χ1n) is 8.88. The van der Waals surface area contributed by atoms with Gasteiger partial charge in [-0.15, -0.1) is 6.58 Å². The number of thioether (sulfide) groups is 1. The maximum absolute atomic E-state index is 12.8. The van der Waals surface area contributed by atoms with Crippen molar-refractivity contribution in [2.24, 2.45) is 4.36 Å². The van der Waals surface area contributed by atoms with Crippen LogP contribution in [0.15, 0.2) is 51.4 Å². The molecule has 0 N–H and O–H groups in total. The highest BCUT2D eigenvalue weighted by molar-refractivity contribution is 7.98. The Morgan fingerprint density at radius 1 is 1.32 bits per heavy atom. The van der Waals surface area contributed by atoms with Crippen LogP contribution < -0.4 is 5.56 Å². The number of rotatable bonds is 5. The molecule has 1 aliphatic heterocycles. The Bertz CT molecular complexity index is 1220. The van der Waals surface area contributed by atoms with Gasteiger partial charge in [0.2, 0.25) is 0 Å². The molecule has 28 heavy (non-hydrogen) atoms. The molecule has 0 unspecified atom stereocenters. The van der Waals surface area contributed by atoms with Crippen molar-refractivity contribution < 1.29 is 4.21 Å². The van der Waals surface area contributed by atoms with E-state index in [1.54, 1.807) is 29.0 Å². The second kappa shape index (κ2) is 7.51. The van der Waals surface area contributed by atoms with Crippen molar-refractivity contribution in [1.82, 2.24) is 24.3 Å². The topological polar surface area (TPSA) is 95.0 Å². The Labute approximate surface area is 166 Å². The fourth-order valence-electron chi connectivity index (χ4n) is 3.23. The van der Waals surface area contributed by atoms with E-state index in [1.165, 1.54) is 22.6 Å². The predicted octanol–water partition coefficient (Wildman–Crippen LogP) is 2.78. The van der Waals surface area contributed by atoms with E-state index < -0.39 is 9.73 Å². The molecule has 0 spiro atoms.